The number of amides is 1. The molecule has 1 fully saturated rings. The number of hydrogen-bond donors (Lipinski definition) is 0. The molecule has 1 amide bonds. The van der Waals surface area contributed by atoms with E-state index in [1.54, 1.807) is 11.1 Å². The van der Waals surface area contributed by atoms with Crippen molar-refractivity contribution >= 4 is 15.7 Å². The summed E-state index contributed by atoms with van der Waals surface area (Å²) in [5.41, 5.74) is 2.87. The van der Waals surface area contributed by atoms with Gasteiger partial charge in [-0.1, -0.05) is 0 Å². The average Bonchev–Trinajstić information content (AvgIpc) is 2.46. The molecule has 1 aromatic heterocycles. The Morgan fingerprint density at radius 1 is 1.15 bits per heavy atom. The second-order valence-electron chi connectivity index (χ2n) is 5.48. The summed E-state index contributed by atoms with van der Waals surface area (Å²) in [5.74, 6) is 0.0366. The SMILES string of the molecule is O=C(c1cnc2c(c1)CCCC2)N1CCS(=O)(=O)CC1. The molecule has 0 bridgehead atoms. The van der Waals surface area contributed by atoms with Gasteiger partial charge in [-0.3, -0.25) is 9.78 Å². The summed E-state index contributed by atoms with van der Waals surface area (Å²) in [6, 6.07) is 1.94. The zero-order chi connectivity index (χ0) is 14.2. The molecule has 1 aliphatic carbocycles. The van der Waals surface area contributed by atoms with Gasteiger partial charge < -0.3 is 4.90 Å². The van der Waals surface area contributed by atoms with Gasteiger partial charge in [-0.15, -0.1) is 0 Å². The zero-order valence-electron chi connectivity index (χ0n) is 11.3. The van der Waals surface area contributed by atoms with E-state index in [2.05, 4.69) is 4.98 Å². The highest BCUT2D eigenvalue weighted by Gasteiger charge is 2.26. The van der Waals surface area contributed by atoms with Crippen molar-refractivity contribution in [3.63, 3.8) is 0 Å². The maximum absolute atomic E-state index is 12.4. The van der Waals surface area contributed by atoms with E-state index in [-0.39, 0.29) is 30.5 Å². The van der Waals surface area contributed by atoms with E-state index in [0.717, 1.165) is 31.4 Å². The van der Waals surface area contributed by atoms with Gasteiger partial charge in [-0.05, 0) is 37.3 Å². The molecule has 0 radical (unpaired) electrons. The first-order valence-corrected chi connectivity index (χ1v) is 8.85. The largest absolute Gasteiger partial charge is 0.337 e. The fourth-order valence-corrected chi connectivity index (χ4v) is 4.00. The van der Waals surface area contributed by atoms with Crippen LogP contribution in [0.1, 0.15) is 34.5 Å². The first-order chi connectivity index (χ1) is 9.55. The molecule has 5 nitrogen and oxygen atoms in total. The van der Waals surface area contributed by atoms with Crippen molar-refractivity contribution in [2.45, 2.75) is 25.7 Å². The van der Waals surface area contributed by atoms with Crippen LogP contribution in [0.25, 0.3) is 0 Å². The van der Waals surface area contributed by atoms with E-state index in [4.69, 9.17) is 0 Å². The Balaban J connectivity index is 1.77. The van der Waals surface area contributed by atoms with Crippen molar-refractivity contribution < 1.29 is 13.2 Å². The van der Waals surface area contributed by atoms with Gasteiger partial charge in [0.05, 0.1) is 17.1 Å². The number of fused-ring (bicyclic) bond motifs is 1. The molecule has 0 unspecified atom stereocenters. The number of aryl methyl sites for hydroxylation is 2. The first kappa shape index (κ1) is 13.5. The highest BCUT2D eigenvalue weighted by atomic mass is 32.2. The van der Waals surface area contributed by atoms with Crippen LogP contribution < -0.4 is 0 Å². The zero-order valence-corrected chi connectivity index (χ0v) is 12.2. The van der Waals surface area contributed by atoms with Crippen LogP contribution in [0.5, 0.6) is 0 Å². The van der Waals surface area contributed by atoms with Crippen molar-refractivity contribution in [3.05, 3.63) is 29.1 Å². The number of aromatic nitrogens is 1. The fourth-order valence-electron chi connectivity index (χ4n) is 2.80. The predicted molar refractivity (Wildman–Crippen MR) is 75.4 cm³/mol. The first-order valence-electron chi connectivity index (χ1n) is 7.03. The van der Waals surface area contributed by atoms with Crippen molar-refractivity contribution in [1.29, 1.82) is 0 Å². The number of sulfone groups is 1. The Kier molecular flexibility index (Phi) is 3.50. The molecule has 2 heterocycles. The molecule has 1 aliphatic heterocycles. The maximum Gasteiger partial charge on any atom is 0.255 e. The number of pyridine rings is 1. The maximum atomic E-state index is 12.4. The molecular weight excluding hydrogens is 276 g/mol. The topological polar surface area (TPSA) is 67.3 Å². The third-order valence-electron chi connectivity index (χ3n) is 4.05. The molecule has 0 saturated carbocycles. The van der Waals surface area contributed by atoms with Crippen LogP contribution in [-0.4, -0.2) is 48.8 Å². The highest BCUT2D eigenvalue weighted by molar-refractivity contribution is 7.91. The third kappa shape index (κ3) is 2.70. The molecule has 0 N–H and O–H groups in total. The van der Waals surface area contributed by atoms with E-state index in [0.29, 0.717) is 5.56 Å². The van der Waals surface area contributed by atoms with Crippen LogP contribution in [0.2, 0.25) is 0 Å². The van der Waals surface area contributed by atoms with Crippen molar-refractivity contribution in [3.8, 4) is 0 Å². The monoisotopic (exact) mass is 294 g/mol. The Labute approximate surface area is 118 Å². The quantitative estimate of drug-likeness (QED) is 0.769. The van der Waals surface area contributed by atoms with Crippen molar-refractivity contribution in [2.75, 3.05) is 24.6 Å². The van der Waals surface area contributed by atoms with Gasteiger partial charge in [0.1, 0.15) is 0 Å². The molecule has 0 spiro atoms. The van der Waals surface area contributed by atoms with E-state index < -0.39 is 9.84 Å². The van der Waals surface area contributed by atoms with Crippen LogP contribution in [0.15, 0.2) is 12.3 Å². The van der Waals surface area contributed by atoms with Crippen molar-refractivity contribution in [2.24, 2.45) is 0 Å². The Bertz CT molecular complexity index is 626. The Hall–Kier alpha value is -1.43. The van der Waals surface area contributed by atoms with Crippen LogP contribution >= 0.6 is 0 Å². The highest BCUT2D eigenvalue weighted by Crippen LogP contribution is 2.21. The smallest absolute Gasteiger partial charge is 0.255 e. The van der Waals surface area contributed by atoms with E-state index in [1.165, 1.54) is 5.56 Å². The van der Waals surface area contributed by atoms with Gasteiger partial charge in [0.15, 0.2) is 9.84 Å². The number of carbonyl (C=O) groups is 1. The second kappa shape index (κ2) is 5.16. The molecule has 108 valence electrons. The summed E-state index contributed by atoms with van der Waals surface area (Å²) in [6.45, 7) is 0.580. The molecular formula is C14H18N2O3S. The number of rotatable bonds is 1. The minimum absolute atomic E-state index is 0.0666. The predicted octanol–water partition coefficient (Wildman–Crippen LogP) is 0.831. The Morgan fingerprint density at radius 3 is 2.60 bits per heavy atom. The average molecular weight is 294 g/mol. The minimum Gasteiger partial charge on any atom is -0.337 e. The Morgan fingerprint density at radius 2 is 1.85 bits per heavy atom. The molecule has 0 atom stereocenters. The standard InChI is InChI=1S/C14H18N2O3S/c17-14(16-5-7-20(18,19)8-6-16)12-9-11-3-1-2-4-13(11)15-10-12/h9-10H,1-8H2. The minimum atomic E-state index is -2.96. The number of carbonyl (C=O) groups excluding carboxylic acids is 1. The summed E-state index contributed by atoms with van der Waals surface area (Å²) in [4.78, 5) is 18.4. The summed E-state index contributed by atoms with van der Waals surface area (Å²) in [7, 11) is -2.96. The van der Waals surface area contributed by atoms with Crippen LogP contribution in [-0.2, 0) is 22.7 Å². The third-order valence-corrected chi connectivity index (χ3v) is 5.66. The summed E-state index contributed by atoms with van der Waals surface area (Å²) >= 11 is 0. The molecule has 3 rings (SSSR count). The van der Waals surface area contributed by atoms with Gasteiger partial charge in [0.25, 0.3) is 5.91 Å². The van der Waals surface area contributed by atoms with E-state index >= 15 is 0 Å². The normalized spacial score (nSPS) is 21.3. The van der Waals surface area contributed by atoms with Gasteiger partial charge in [-0.2, -0.15) is 0 Å². The lowest BCUT2D eigenvalue weighted by molar-refractivity contribution is 0.0769. The van der Waals surface area contributed by atoms with Crippen LogP contribution in [0.3, 0.4) is 0 Å². The summed E-state index contributed by atoms with van der Waals surface area (Å²) in [6.07, 6.45) is 5.92. The fraction of sp³-hybridized carbons (Fsp3) is 0.571. The van der Waals surface area contributed by atoms with E-state index in [9.17, 15) is 13.2 Å². The molecule has 1 aromatic rings. The summed E-state index contributed by atoms with van der Waals surface area (Å²) in [5, 5.41) is 0. The number of hydrogen-bond acceptors (Lipinski definition) is 4. The van der Waals surface area contributed by atoms with Gasteiger partial charge in [0, 0.05) is 25.0 Å². The van der Waals surface area contributed by atoms with Gasteiger partial charge in [0.2, 0.25) is 0 Å². The second-order valence-corrected chi connectivity index (χ2v) is 7.78. The lowest BCUT2D eigenvalue weighted by atomic mass is 9.95. The molecule has 1 saturated heterocycles. The van der Waals surface area contributed by atoms with Crippen LogP contribution in [0, 0.1) is 0 Å². The summed E-state index contributed by atoms with van der Waals surface area (Å²) < 4.78 is 22.8. The van der Waals surface area contributed by atoms with Crippen molar-refractivity contribution in [1.82, 2.24) is 9.88 Å². The molecule has 6 heteroatoms. The molecule has 0 aromatic carbocycles. The molecule has 20 heavy (non-hydrogen) atoms. The van der Waals surface area contributed by atoms with Gasteiger partial charge >= 0.3 is 0 Å². The number of nitrogens with zero attached hydrogens (tertiary/aromatic N) is 2. The lowest BCUT2D eigenvalue weighted by Crippen LogP contribution is -2.43. The van der Waals surface area contributed by atoms with E-state index in [1.807, 2.05) is 6.07 Å². The van der Waals surface area contributed by atoms with Gasteiger partial charge in [-0.25, -0.2) is 8.42 Å². The molecule has 2 aliphatic rings. The lowest BCUT2D eigenvalue weighted by Gasteiger charge is -2.27. The van der Waals surface area contributed by atoms with Crippen LogP contribution in [0.4, 0.5) is 0 Å².